The van der Waals surface area contributed by atoms with Gasteiger partial charge in [0.2, 0.25) is 6.41 Å². The van der Waals surface area contributed by atoms with Gasteiger partial charge in [0.15, 0.2) is 0 Å². The fraction of sp³-hybridized carbons (Fsp3) is 0.182. The van der Waals surface area contributed by atoms with Gasteiger partial charge in [0.1, 0.15) is 5.82 Å². The molecule has 1 amide bonds. The Morgan fingerprint density at radius 3 is 2.80 bits per heavy atom. The van der Waals surface area contributed by atoms with Gasteiger partial charge in [0.05, 0.1) is 11.2 Å². The predicted octanol–water partition coefficient (Wildman–Crippen LogP) is 2.49. The predicted molar refractivity (Wildman–Crippen MR) is 57.4 cm³/mol. The van der Waals surface area contributed by atoms with Gasteiger partial charge in [0.25, 0.3) is 0 Å². The Bertz CT molecular complexity index is 531. The summed E-state index contributed by atoms with van der Waals surface area (Å²) >= 11 is 0. The number of rotatable bonds is 2. The van der Waals surface area contributed by atoms with Crippen LogP contribution in [0.4, 0.5) is 10.1 Å². The number of halogens is 1. The van der Waals surface area contributed by atoms with Crippen LogP contribution in [0.25, 0.3) is 10.9 Å². The van der Waals surface area contributed by atoms with Gasteiger partial charge in [-0.2, -0.15) is 0 Å². The van der Waals surface area contributed by atoms with Crippen molar-refractivity contribution in [3.8, 4) is 0 Å². The second-order valence-corrected chi connectivity index (χ2v) is 3.48. The Labute approximate surface area is 86.3 Å². The molecule has 0 aliphatic heterocycles. The Kier molecular flexibility index (Phi) is 2.19. The third kappa shape index (κ3) is 1.38. The third-order valence-electron chi connectivity index (χ3n) is 2.62. The second kappa shape index (κ2) is 3.38. The van der Waals surface area contributed by atoms with Gasteiger partial charge in [-0.05, 0) is 31.5 Å². The van der Waals surface area contributed by atoms with Crippen molar-refractivity contribution in [1.29, 1.82) is 0 Å². The van der Waals surface area contributed by atoms with Crippen LogP contribution in [0.1, 0.15) is 11.3 Å². The summed E-state index contributed by atoms with van der Waals surface area (Å²) in [7, 11) is 0. The van der Waals surface area contributed by atoms with Gasteiger partial charge in [0, 0.05) is 11.1 Å². The maximum absolute atomic E-state index is 13.5. The van der Waals surface area contributed by atoms with E-state index >= 15 is 0 Å². The monoisotopic (exact) mass is 206 g/mol. The van der Waals surface area contributed by atoms with Gasteiger partial charge < -0.3 is 10.3 Å². The molecule has 0 fully saturated rings. The van der Waals surface area contributed by atoms with Crippen molar-refractivity contribution < 1.29 is 9.18 Å². The number of aromatic nitrogens is 1. The molecule has 0 saturated carbocycles. The summed E-state index contributed by atoms with van der Waals surface area (Å²) in [6.45, 7) is 3.72. The first-order valence-electron chi connectivity index (χ1n) is 4.62. The molecule has 2 rings (SSSR count). The number of aryl methyl sites for hydroxylation is 2. The van der Waals surface area contributed by atoms with Crippen LogP contribution in [0.3, 0.4) is 0 Å². The number of hydrogen-bond acceptors (Lipinski definition) is 1. The lowest BCUT2D eigenvalue weighted by Crippen LogP contribution is -1.95. The molecule has 15 heavy (non-hydrogen) atoms. The summed E-state index contributed by atoms with van der Waals surface area (Å²) in [5, 5.41) is 3.08. The van der Waals surface area contributed by atoms with Crippen LogP contribution in [0, 0.1) is 19.7 Å². The van der Waals surface area contributed by atoms with Crippen molar-refractivity contribution in [2.24, 2.45) is 0 Å². The van der Waals surface area contributed by atoms with Crippen molar-refractivity contribution >= 4 is 23.0 Å². The molecule has 0 aliphatic carbocycles. The Hall–Kier alpha value is -1.84. The molecule has 0 saturated heterocycles. The highest BCUT2D eigenvalue weighted by Gasteiger charge is 2.12. The largest absolute Gasteiger partial charge is 0.357 e. The summed E-state index contributed by atoms with van der Waals surface area (Å²) in [4.78, 5) is 13.4. The van der Waals surface area contributed by atoms with E-state index in [2.05, 4.69) is 10.3 Å². The fourth-order valence-corrected chi connectivity index (χ4v) is 1.73. The number of carbonyl (C=O) groups is 1. The molecule has 78 valence electrons. The van der Waals surface area contributed by atoms with E-state index in [-0.39, 0.29) is 5.82 Å². The normalized spacial score (nSPS) is 10.6. The quantitative estimate of drug-likeness (QED) is 0.728. The van der Waals surface area contributed by atoms with E-state index in [0.717, 1.165) is 11.3 Å². The lowest BCUT2D eigenvalue weighted by molar-refractivity contribution is -0.105. The van der Waals surface area contributed by atoms with Crippen LogP contribution >= 0.6 is 0 Å². The van der Waals surface area contributed by atoms with Gasteiger partial charge >= 0.3 is 0 Å². The average molecular weight is 206 g/mol. The SMILES string of the molecule is Cc1[nH]c2c(NC=O)ccc(F)c2c1C. The number of anilines is 1. The van der Waals surface area contributed by atoms with Crippen LogP contribution in [0.5, 0.6) is 0 Å². The molecule has 2 aromatic rings. The molecule has 0 bridgehead atoms. The van der Waals surface area contributed by atoms with Gasteiger partial charge in [-0.1, -0.05) is 0 Å². The van der Waals surface area contributed by atoms with Crippen molar-refractivity contribution in [3.63, 3.8) is 0 Å². The number of amides is 1. The molecular weight excluding hydrogens is 195 g/mol. The zero-order valence-corrected chi connectivity index (χ0v) is 8.52. The van der Waals surface area contributed by atoms with E-state index in [4.69, 9.17) is 0 Å². The first-order chi connectivity index (χ1) is 7.15. The Morgan fingerprint density at radius 2 is 2.13 bits per heavy atom. The third-order valence-corrected chi connectivity index (χ3v) is 2.62. The molecule has 1 aromatic carbocycles. The van der Waals surface area contributed by atoms with Crippen molar-refractivity contribution in [2.75, 3.05) is 5.32 Å². The maximum atomic E-state index is 13.5. The molecule has 0 radical (unpaired) electrons. The molecule has 4 heteroatoms. The smallest absolute Gasteiger partial charge is 0.211 e. The minimum Gasteiger partial charge on any atom is -0.357 e. The number of hydrogen-bond donors (Lipinski definition) is 2. The van der Waals surface area contributed by atoms with Crippen LogP contribution in [-0.4, -0.2) is 11.4 Å². The van der Waals surface area contributed by atoms with Crippen molar-refractivity contribution in [1.82, 2.24) is 4.98 Å². The number of aromatic amines is 1. The Morgan fingerprint density at radius 1 is 1.40 bits per heavy atom. The zero-order valence-electron chi connectivity index (χ0n) is 8.52. The standard InChI is InChI=1S/C11H11FN2O/c1-6-7(2)14-11-9(13-5-15)4-3-8(12)10(6)11/h3-5,14H,1-2H3,(H,13,15). The second-order valence-electron chi connectivity index (χ2n) is 3.48. The summed E-state index contributed by atoms with van der Waals surface area (Å²) in [6.07, 6.45) is 0.582. The van der Waals surface area contributed by atoms with E-state index in [1.807, 2.05) is 13.8 Å². The summed E-state index contributed by atoms with van der Waals surface area (Å²) in [6, 6.07) is 2.90. The topological polar surface area (TPSA) is 44.9 Å². The summed E-state index contributed by atoms with van der Waals surface area (Å²) in [5.41, 5.74) is 3.01. The summed E-state index contributed by atoms with van der Waals surface area (Å²) in [5.74, 6) is -0.275. The first-order valence-corrected chi connectivity index (χ1v) is 4.62. The number of carbonyl (C=O) groups excluding carboxylic acids is 1. The zero-order chi connectivity index (χ0) is 11.0. The molecule has 0 spiro atoms. The van der Waals surface area contributed by atoms with E-state index in [9.17, 15) is 9.18 Å². The molecule has 0 aliphatic rings. The summed E-state index contributed by atoms with van der Waals surface area (Å²) < 4.78 is 13.5. The lowest BCUT2D eigenvalue weighted by Gasteiger charge is -2.01. The highest BCUT2D eigenvalue weighted by Crippen LogP contribution is 2.29. The van der Waals surface area contributed by atoms with Gasteiger partial charge in [-0.15, -0.1) is 0 Å². The first kappa shape index (κ1) is 9.71. The molecular formula is C11H11FN2O. The van der Waals surface area contributed by atoms with E-state index in [1.54, 1.807) is 6.07 Å². The molecule has 0 atom stereocenters. The van der Waals surface area contributed by atoms with Crippen LogP contribution in [0.15, 0.2) is 12.1 Å². The Balaban J connectivity index is 2.82. The highest BCUT2D eigenvalue weighted by molar-refractivity contribution is 5.97. The average Bonchev–Trinajstić information content (AvgIpc) is 2.50. The van der Waals surface area contributed by atoms with E-state index < -0.39 is 0 Å². The minimum absolute atomic E-state index is 0.275. The van der Waals surface area contributed by atoms with Gasteiger partial charge in [-0.3, -0.25) is 4.79 Å². The molecule has 2 N–H and O–H groups in total. The van der Waals surface area contributed by atoms with E-state index in [1.165, 1.54) is 6.07 Å². The fourth-order valence-electron chi connectivity index (χ4n) is 1.73. The molecule has 1 heterocycles. The van der Waals surface area contributed by atoms with Crippen molar-refractivity contribution in [3.05, 3.63) is 29.2 Å². The number of benzene rings is 1. The minimum atomic E-state index is -0.275. The number of nitrogens with one attached hydrogen (secondary N) is 2. The van der Waals surface area contributed by atoms with Gasteiger partial charge in [-0.25, -0.2) is 4.39 Å². The van der Waals surface area contributed by atoms with E-state index in [0.29, 0.717) is 23.0 Å². The van der Waals surface area contributed by atoms with Crippen LogP contribution < -0.4 is 5.32 Å². The van der Waals surface area contributed by atoms with Crippen LogP contribution in [0.2, 0.25) is 0 Å². The maximum Gasteiger partial charge on any atom is 0.211 e. The van der Waals surface area contributed by atoms with Crippen LogP contribution in [-0.2, 0) is 4.79 Å². The number of H-pyrrole nitrogens is 1. The molecule has 1 aromatic heterocycles. The highest BCUT2D eigenvalue weighted by atomic mass is 19.1. The lowest BCUT2D eigenvalue weighted by atomic mass is 10.1. The van der Waals surface area contributed by atoms with Crippen molar-refractivity contribution in [2.45, 2.75) is 13.8 Å². The molecule has 3 nitrogen and oxygen atoms in total. The number of fused-ring (bicyclic) bond motifs is 1. The molecule has 0 unspecified atom stereocenters.